The van der Waals surface area contributed by atoms with Gasteiger partial charge in [-0.25, -0.2) is 4.98 Å². The van der Waals surface area contributed by atoms with Crippen molar-refractivity contribution < 1.29 is 51.4 Å². The van der Waals surface area contributed by atoms with Gasteiger partial charge in [0.25, 0.3) is 5.91 Å². The number of hydrogen-bond acceptors (Lipinski definition) is 11. The maximum atomic E-state index is 14.0. The minimum Gasteiger partial charge on any atom is -0.469 e. The fourth-order valence-electron chi connectivity index (χ4n) is 6.55. The van der Waals surface area contributed by atoms with E-state index >= 15 is 0 Å². The third-order valence-corrected chi connectivity index (χ3v) is 10.7. The number of unbranched alkanes of at least 4 members (excludes halogenated alkanes) is 2. The molecule has 1 saturated heterocycles. The number of carbonyl (C=O) groups is 5. The van der Waals surface area contributed by atoms with Crippen LogP contribution in [0.5, 0.6) is 0 Å². The first-order valence-corrected chi connectivity index (χ1v) is 19.8. The zero-order valence-electron chi connectivity index (χ0n) is 33.2. The fraction of sp³-hybridized carbons (Fsp3) is 0.641. The van der Waals surface area contributed by atoms with Crippen molar-refractivity contribution in [3.05, 3.63) is 51.5 Å². The summed E-state index contributed by atoms with van der Waals surface area (Å²) in [7, 11) is 4.77. The number of aromatic nitrogens is 1. The Labute approximate surface area is 330 Å². The topological polar surface area (TPSA) is 165 Å². The lowest BCUT2D eigenvalue weighted by Gasteiger charge is -2.39. The number of hydrogen-bond donors (Lipinski definition) is 3. The van der Waals surface area contributed by atoms with Crippen molar-refractivity contribution in [2.24, 2.45) is 17.8 Å². The van der Waals surface area contributed by atoms with Gasteiger partial charge in [-0.05, 0) is 62.9 Å². The van der Waals surface area contributed by atoms with Gasteiger partial charge in [-0.15, -0.1) is 11.3 Å². The second kappa shape index (κ2) is 22.0. The molecule has 3 N–H and O–H groups in total. The zero-order chi connectivity index (χ0) is 41.6. The lowest BCUT2D eigenvalue weighted by atomic mass is 9.92. The number of ether oxygens (including phenoxy) is 3. The van der Waals surface area contributed by atoms with Crippen LogP contribution in [0.15, 0.2) is 29.6 Å². The number of nitrogens with one attached hydrogen (secondary N) is 3. The van der Waals surface area contributed by atoms with Crippen molar-refractivity contribution >= 4 is 41.0 Å². The molecule has 17 heteroatoms. The van der Waals surface area contributed by atoms with E-state index in [4.69, 9.17) is 14.2 Å². The summed E-state index contributed by atoms with van der Waals surface area (Å²) in [6.07, 6.45) is -2.21. The molecule has 0 bridgehead atoms. The molecular formula is C39H56F3N5O8S. The molecule has 5 atom stereocenters. The monoisotopic (exact) mass is 811 g/mol. The summed E-state index contributed by atoms with van der Waals surface area (Å²) >= 11 is 1.09. The van der Waals surface area contributed by atoms with Crippen LogP contribution in [0, 0.1) is 17.8 Å². The molecule has 1 aromatic heterocycles. The molecule has 1 aliphatic rings. The average molecular weight is 812 g/mol. The molecule has 1 unspecified atom stereocenters. The maximum Gasteiger partial charge on any atom is 0.416 e. The van der Waals surface area contributed by atoms with Gasteiger partial charge >= 0.3 is 18.1 Å². The number of halogens is 3. The highest BCUT2D eigenvalue weighted by molar-refractivity contribution is 7.09. The number of carbonyl (C=O) groups excluding carboxylic acids is 5. The highest BCUT2D eigenvalue weighted by Crippen LogP contribution is 2.32. The summed E-state index contributed by atoms with van der Waals surface area (Å²) in [5, 5.41) is 10.7. The summed E-state index contributed by atoms with van der Waals surface area (Å²) in [6.45, 7) is 8.27. The van der Waals surface area contributed by atoms with E-state index in [1.54, 1.807) is 18.9 Å². The Morgan fingerprint density at radius 3 is 2.25 bits per heavy atom. The first-order chi connectivity index (χ1) is 26.4. The Kier molecular flexibility index (Phi) is 18.2. The number of esters is 2. The largest absolute Gasteiger partial charge is 0.469 e. The van der Waals surface area contributed by atoms with Crippen LogP contribution in [0.4, 0.5) is 13.2 Å². The molecule has 1 aliphatic heterocycles. The van der Waals surface area contributed by atoms with Gasteiger partial charge in [0.05, 0.1) is 31.8 Å². The summed E-state index contributed by atoms with van der Waals surface area (Å²) in [4.78, 5) is 71.2. The van der Waals surface area contributed by atoms with Crippen LogP contribution >= 0.6 is 11.3 Å². The average Bonchev–Trinajstić information content (AvgIpc) is 3.61. The SMILES string of the molecule is CNCCCCCC(=O)N[C@H](C(=O)N(C)[C@H](C[C@@H](OC(C)=O)c1nc(C(=O)N[C@@H](Cc2ccc(C(F)(F)F)cc2)CC(C)C(=O)OC)cs1)C(C)C)C1COC1. The second-order valence-corrected chi connectivity index (χ2v) is 15.5. The molecule has 0 spiro atoms. The molecule has 1 aromatic carbocycles. The summed E-state index contributed by atoms with van der Waals surface area (Å²) in [5.41, 5.74) is -0.285. The molecule has 3 rings (SSSR count). The van der Waals surface area contributed by atoms with Crippen molar-refractivity contribution in [1.29, 1.82) is 0 Å². The third kappa shape index (κ3) is 14.1. The van der Waals surface area contributed by atoms with Gasteiger partial charge in [0, 0.05) is 50.2 Å². The van der Waals surface area contributed by atoms with E-state index in [-0.39, 0.29) is 48.6 Å². The van der Waals surface area contributed by atoms with Crippen LogP contribution in [0.3, 0.4) is 0 Å². The van der Waals surface area contributed by atoms with Gasteiger partial charge in [-0.3, -0.25) is 24.0 Å². The van der Waals surface area contributed by atoms with Crippen LogP contribution in [-0.4, -0.2) is 98.6 Å². The van der Waals surface area contributed by atoms with E-state index in [0.29, 0.717) is 36.6 Å². The van der Waals surface area contributed by atoms with Gasteiger partial charge in [0.2, 0.25) is 11.8 Å². The first-order valence-electron chi connectivity index (χ1n) is 18.9. The number of rotatable bonds is 22. The molecular weight excluding hydrogens is 756 g/mol. The Morgan fingerprint density at radius 2 is 1.70 bits per heavy atom. The van der Waals surface area contributed by atoms with Crippen molar-refractivity contribution in [3.63, 3.8) is 0 Å². The molecule has 2 aromatic rings. The predicted molar refractivity (Wildman–Crippen MR) is 203 cm³/mol. The quantitative estimate of drug-likeness (QED) is 0.108. The van der Waals surface area contributed by atoms with E-state index in [2.05, 4.69) is 20.9 Å². The smallest absolute Gasteiger partial charge is 0.416 e. The summed E-state index contributed by atoms with van der Waals surface area (Å²) < 4.78 is 55.4. The third-order valence-electron chi connectivity index (χ3n) is 9.80. The number of methoxy groups -OCH3 is 1. The van der Waals surface area contributed by atoms with Gasteiger partial charge in [-0.2, -0.15) is 13.2 Å². The number of alkyl halides is 3. The van der Waals surface area contributed by atoms with Crippen LogP contribution in [0.1, 0.15) is 98.9 Å². The standard InChI is InChI=1S/C39H56F3N5O8S/c1-23(2)31(47(6)37(51)34(27-20-54-21-27)46-33(49)11-9-8-10-16-43-5)19-32(55-25(4)48)36-45-30(22-56-36)35(50)44-29(17-24(3)38(52)53-7)18-26-12-14-28(15-13-26)39(40,41)42/h12-15,22-24,27,29,31-32,34,43H,8-11,16-21H2,1-7H3,(H,44,50)(H,46,49)/t24?,29-,31-,32-,34+/m1/s1. The van der Waals surface area contributed by atoms with E-state index in [1.165, 1.54) is 31.5 Å². The fourth-order valence-corrected chi connectivity index (χ4v) is 7.39. The normalized spacial score (nSPS) is 15.8. The molecule has 2 heterocycles. The van der Waals surface area contributed by atoms with Gasteiger partial charge in [0.15, 0.2) is 6.10 Å². The van der Waals surface area contributed by atoms with Crippen LogP contribution in [-0.2, 0) is 46.0 Å². The number of likely N-dealkylation sites (N-methyl/N-ethyl adjacent to an activating group) is 1. The molecule has 1 fully saturated rings. The molecule has 56 heavy (non-hydrogen) atoms. The molecule has 13 nitrogen and oxygen atoms in total. The van der Waals surface area contributed by atoms with Gasteiger partial charge in [0.1, 0.15) is 16.7 Å². The van der Waals surface area contributed by atoms with Gasteiger partial charge < -0.3 is 35.1 Å². The highest BCUT2D eigenvalue weighted by Gasteiger charge is 2.40. The number of nitrogens with zero attached hydrogens (tertiary/aromatic N) is 2. The number of amides is 3. The Balaban J connectivity index is 1.78. The van der Waals surface area contributed by atoms with Crippen molar-refractivity contribution in [3.8, 4) is 0 Å². The summed E-state index contributed by atoms with van der Waals surface area (Å²) in [6, 6.07) is 2.63. The molecule has 0 saturated carbocycles. The van der Waals surface area contributed by atoms with Crippen LogP contribution < -0.4 is 16.0 Å². The van der Waals surface area contributed by atoms with E-state index in [1.807, 2.05) is 20.9 Å². The summed E-state index contributed by atoms with van der Waals surface area (Å²) in [5.74, 6) is -3.13. The molecule has 0 aliphatic carbocycles. The number of thiazole rings is 1. The second-order valence-electron chi connectivity index (χ2n) is 14.7. The van der Waals surface area contributed by atoms with Crippen molar-refractivity contribution in [2.45, 2.75) is 103 Å². The Bertz CT molecular complexity index is 1600. The minimum atomic E-state index is -4.51. The van der Waals surface area contributed by atoms with Gasteiger partial charge in [-0.1, -0.05) is 39.3 Å². The predicted octanol–water partition coefficient (Wildman–Crippen LogP) is 5.09. The van der Waals surface area contributed by atoms with Crippen molar-refractivity contribution in [2.75, 3.05) is 41.0 Å². The van der Waals surface area contributed by atoms with E-state index in [0.717, 1.165) is 42.9 Å². The van der Waals surface area contributed by atoms with Crippen LogP contribution in [0.2, 0.25) is 0 Å². The Hall–Kier alpha value is -4.09. The zero-order valence-corrected chi connectivity index (χ0v) is 34.0. The minimum absolute atomic E-state index is 0.00883. The van der Waals surface area contributed by atoms with Crippen LogP contribution in [0.25, 0.3) is 0 Å². The lowest BCUT2D eigenvalue weighted by molar-refractivity contribution is -0.151. The molecule has 312 valence electrons. The highest BCUT2D eigenvalue weighted by atomic mass is 32.1. The van der Waals surface area contributed by atoms with E-state index < -0.39 is 59.7 Å². The first kappa shape index (κ1) is 46.3. The molecule has 0 radical (unpaired) electrons. The van der Waals surface area contributed by atoms with Crippen molar-refractivity contribution in [1.82, 2.24) is 25.8 Å². The van der Waals surface area contributed by atoms with E-state index in [9.17, 15) is 37.1 Å². The molecule has 3 amide bonds. The Morgan fingerprint density at radius 1 is 1.02 bits per heavy atom. The maximum absolute atomic E-state index is 14.0. The number of benzene rings is 1. The lowest BCUT2D eigenvalue weighted by Crippen LogP contribution is -2.58.